The van der Waals surface area contributed by atoms with Gasteiger partial charge in [-0.25, -0.2) is 15.0 Å². The molecular formula is C47H29N3O2. The minimum Gasteiger partial charge on any atom is -0.455 e. The van der Waals surface area contributed by atoms with E-state index in [4.69, 9.17) is 23.8 Å². The Labute approximate surface area is 298 Å². The fourth-order valence-corrected chi connectivity index (χ4v) is 7.91. The summed E-state index contributed by atoms with van der Waals surface area (Å²) in [4.78, 5) is 15.5. The molecular weight excluding hydrogens is 639 g/mol. The number of hydrogen-bond donors (Lipinski definition) is 0. The molecule has 0 fully saturated rings. The first-order valence-electron chi connectivity index (χ1n) is 17.6. The van der Waals surface area contributed by atoms with Crippen LogP contribution in [0, 0.1) is 5.92 Å². The van der Waals surface area contributed by atoms with Gasteiger partial charge in [0.05, 0.1) is 0 Å². The van der Waals surface area contributed by atoms with Gasteiger partial charge in [-0.2, -0.15) is 0 Å². The molecule has 0 saturated heterocycles. The molecule has 52 heavy (non-hydrogen) atoms. The molecule has 11 rings (SSSR count). The van der Waals surface area contributed by atoms with Crippen LogP contribution in [-0.4, -0.2) is 15.0 Å². The van der Waals surface area contributed by atoms with E-state index in [2.05, 4.69) is 127 Å². The molecule has 3 aromatic heterocycles. The molecule has 244 valence electrons. The lowest BCUT2D eigenvalue weighted by molar-refractivity contribution is 0.665. The Kier molecular flexibility index (Phi) is 6.31. The SMILES string of the molecule is C1=CC2=CC(c3nc(-c4ccc5ccccc5c4)nc(-c4cccc5oc6c(-c7cccc8c7oc7ccccc78)cccc6c45)n3)=CCC2C=C1. The maximum atomic E-state index is 6.74. The Balaban J connectivity index is 1.13. The van der Waals surface area contributed by atoms with Gasteiger partial charge in [0.1, 0.15) is 22.3 Å². The summed E-state index contributed by atoms with van der Waals surface area (Å²) in [6, 6.07) is 41.7. The van der Waals surface area contributed by atoms with E-state index in [0.717, 1.165) is 83.5 Å². The third kappa shape index (κ3) is 4.53. The number of aromatic nitrogens is 3. The molecule has 0 saturated carbocycles. The normalized spacial score (nSPS) is 15.5. The second-order valence-corrected chi connectivity index (χ2v) is 13.5. The number of fused-ring (bicyclic) bond motifs is 8. The van der Waals surface area contributed by atoms with E-state index < -0.39 is 0 Å². The molecule has 0 N–H and O–H groups in total. The van der Waals surface area contributed by atoms with Crippen molar-refractivity contribution in [1.29, 1.82) is 0 Å². The summed E-state index contributed by atoms with van der Waals surface area (Å²) in [7, 11) is 0. The van der Waals surface area contributed by atoms with E-state index in [-0.39, 0.29) is 0 Å². The minimum atomic E-state index is 0.376. The summed E-state index contributed by atoms with van der Waals surface area (Å²) in [5, 5.41) is 6.45. The standard InChI is InChI=1S/C47H29N3O2/c1-3-12-30-26-32(24-22-28(30)10-1)45-48-46(33-25-23-29-11-2-4-13-31(29)27-33)50-47(49-45)39-19-9-21-41-42(39)38-18-8-17-37(44(38)52-41)36-16-7-15-35-34-14-5-6-20-40(34)51-43(35)36/h1-22,24-27,29H,23H2. The van der Waals surface area contributed by atoms with Crippen LogP contribution in [0.4, 0.5) is 0 Å². The second kappa shape index (κ2) is 11.3. The van der Waals surface area contributed by atoms with Crippen molar-refractivity contribution in [2.45, 2.75) is 6.42 Å². The minimum absolute atomic E-state index is 0.376. The number of benzene rings is 6. The van der Waals surface area contributed by atoms with E-state index in [1.165, 1.54) is 11.0 Å². The number of allylic oxidation sites excluding steroid dienone is 8. The summed E-state index contributed by atoms with van der Waals surface area (Å²) in [5.74, 6) is 2.27. The van der Waals surface area contributed by atoms with Crippen LogP contribution in [0.2, 0.25) is 0 Å². The number of rotatable bonds is 4. The predicted octanol–water partition coefficient (Wildman–Crippen LogP) is 12.3. The number of furan rings is 2. The van der Waals surface area contributed by atoms with Gasteiger partial charge >= 0.3 is 0 Å². The molecule has 0 amide bonds. The average Bonchev–Trinajstić information content (AvgIpc) is 3.79. The molecule has 0 radical (unpaired) electrons. The van der Waals surface area contributed by atoms with Crippen molar-refractivity contribution in [1.82, 2.24) is 15.0 Å². The molecule has 2 aliphatic carbocycles. The maximum absolute atomic E-state index is 6.74. The molecule has 5 heteroatoms. The van der Waals surface area contributed by atoms with Crippen LogP contribution >= 0.6 is 0 Å². The summed E-state index contributed by atoms with van der Waals surface area (Å²) >= 11 is 0. The van der Waals surface area contributed by atoms with Crippen LogP contribution in [0.5, 0.6) is 0 Å². The Morgan fingerprint density at radius 2 is 1.23 bits per heavy atom. The van der Waals surface area contributed by atoms with Gasteiger partial charge in [-0.05, 0) is 47.0 Å². The van der Waals surface area contributed by atoms with E-state index in [1.54, 1.807) is 0 Å². The third-order valence-corrected chi connectivity index (χ3v) is 10.4. The number of hydrogen-bond acceptors (Lipinski definition) is 5. The highest BCUT2D eigenvalue weighted by molar-refractivity contribution is 6.17. The molecule has 6 aromatic carbocycles. The highest BCUT2D eigenvalue weighted by Crippen LogP contribution is 2.43. The Morgan fingerprint density at radius 3 is 2.15 bits per heavy atom. The predicted molar refractivity (Wildman–Crippen MR) is 211 cm³/mol. The number of nitrogens with zero attached hydrogens (tertiary/aromatic N) is 3. The summed E-state index contributed by atoms with van der Waals surface area (Å²) in [5.41, 5.74) is 9.35. The summed E-state index contributed by atoms with van der Waals surface area (Å²) < 4.78 is 13.2. The maximum Gasteiger partial charge on any atom is 0.164 e. The molecule has 2 aliphatic rings. The zero-order valence-corrected chi connectivity index (χ0v) is 28.0. The van der Waals surface area contributed by atoms with Crippen molar-refractivity contribution < 1.29 is 8.83 Å². The van der Waals surface area contributed by atoms with E-state index in [1.807, 2.05) is 30.3 Å². The molecule has 5 nitrogen and oxygen atoms in total. The lowest BCUT2D eigenvalue weighted by Crippen LogP contribution is -2.08. The number of para-hydroxylation sites is 3. The molecule has 0 spiro atoms. The van der Waals surface area contributed by atoms with Crippen LogP contribution in [0.25, 0.3) is 94.1 Å². The van der Waals surface area contributed by atoms with Gasteiger partial charge in [0.15, 0.2) is 17.5 Å². The summed E-state index contributed by atoms with van der Waals surface area (Å²) in [6.07, 6.45) is 14.0. The first-order chi connectivity index (χ1) is 25.7. The first kappa shape index (κ1) is 28.9. The topological polar surface area (TPSA) is 65.0 Å². The molecule has 0 aliphatic heterocycles. The molecule has 9 aromatic rings. The largest absolute Gasteiger partial charge is 0.455 e. The van der Waals surface area contributed by atoms with E-state index in [9.17, 15) is 0 Å². The van der Waals surface area contributed by atoms with Crippen LogP contribution < -0.4 is 0 Å². The highest BCUT2D eigenvalue weighted by Gasteiger charge is 2.23. The van der Waals surface area contributed by atoms with Gasteiger partial charge < -0.3 is 8.83 Å². The van der Waals surface area contributed by atoms with Crippen molar-refractivity contribution in [3.8, 4) is 33.9 Å². The molecule has 1 unspecified atom stereocenters. The summed E-state index contributed by atoms with van der Waals surface area (Å²) in [6.45, 7) is 0. The van der Waals surface area contributed by atoms with Crippen molar-refractivity contribution in [2.24, 2.45) is 5.92 Å². The van der Waals surface area contributed by atoms with Crippen molar-refractivity contribution in [2.75, 3.05) is 0 Å². The Morgan fingerprint density at radius 1 is 0.538 bits per heavy atom. The van der Waals surface area contributed by atoms with Crippen LogP contribution in [0.1, 0.15) is 12.2 Å². The van der Waals surface area contributed by atoms with Crippen LogP contribution in [0.3, 0.4) is 0 Å². The van der Waals surface area contributed by atoms with Crippen molar-refractivity contribution >= 4 is 60.2 Å². The van der Waals surface area contributed by atoms with Gasteiger partial charge in [-0.1, -0.05) is 134 Å². The zero-order valence-electron chi connectivity index (χ0n) is 28.0. The van der Waals surface area contributed by atoms with Crippen LogP contribution in [0.15, 0.2) is 172 Å². The van der Waals surface area contributed by atoms with E-state index >= 15 is 0 Å². The average molecular weight is 668 g/mol. The van der Waals surface area contributed by atoms with Crippen molar-refractivity contribution in [3.05, 3.63) is 169 Å². The van der Waals surface area contributed by atoms with Gasteiger partial charge in [0.2, 0.25) is 0 Å². The van der Waals surface area contributed by atoms with Gasteiger partial charge in [-0.15, -0.1) is 0 Å². The fourth-order valence-electron chi connectivity index (χ4n) is 7.91. The van der Waals surface area contributed by atoms with Gasteiger partial charge in [0.25, 0.3) is 0 Å². The molecule has 3 heterocycles. The van der Waals surface area contributed by atoms with Gasteiger partial charge in [-0.3, -0.25) is 0 Å². The van der Waals surface area contributed by atoms with Crippen LogP contribution in [-0.2, 0) is 0 Å². The second-order valence-electron chi connectivity index (χ2n) is 13.5. The molecule has 1 atom stereocenters. The zero-order chi connectivity index (χ0) is 34.2. The Bertz CT molecular complexity index is 3060. The third-order valence-electron chi connectivity index (χ3n) is 10.4. The lowest BCUT2D eigenvalue weighted by Gasteiger charge is -2.20. The smallest absolute Gasteiger partial charge is 0.164 e. The van der Waals surface area contributed by atoms with Gasteiger partial charge in [0, 0.05) is 55.3 Å². The fraction of sp³-hybridized carbons (Fsp3) is 0.0426. The molecule has 0 bridgehead atoms. The lowest BCUT2D eigenvalue weighted by atomic mass is 9.85. The highest BCUT2D eigenvalue weighted by atomic mass is 16.3. The first-order valence-corrected chi connectivity index (χ1v) is 17.6. The monoisotopic (exact) mass is 667 g/mol. The Hall–Kier alpha value is -6.85. The van der Waals surface area contributed by atoms with Crippen molar-refractivity contribution in [3.63, 3.8) is 0 Å². The van der Waals surface area contributed by atoms with E-state index in [0.29, 0.717) is 23.4 Å². The quantitative estimate of drug-likeness (QED) is 0.187.